The van der Waals surface area contributed by atoms with Gasteiger partial charge in [0, 0.05) is 29.9 Å². The van der Waals surface area contributed by atoms with Gasteiger partial charge in [0.25, 0.3) is 0 Å². The highest BCUT2D eigenvalue weighted by Crippen LogP contribution is 2.44. The van der Waals surface area contributed by atoms with Gasteiger partial charge in [0.1, 0.15) is 13.7 Å². The third-order valence-corrected chi connectivity index (χ3v) is 7.02. The fourth-order valence-corrected chi connectivity index (χ4v) is 5.47. The summed E-state index contributed by atoms with van der Waals surface area (Å²) < 4.78 is 15.2. The lowest BCUT2D eigenvalue weighted by Crippen LogP contribution is -2.38. The fraction of sp³-hybridized carbons (Fsp3) is 0.444. The minimum atomic E-state index is -1.35. The number of aliphatic imine (C=N–C) groups is 2. The molecule has 0 aromatic carbocycles. The first-order valence-corrected chi connectivity index (χ1v) is 9.50. The third-order valence-electron chi connectivity index (χ3n) is 5.40. The van der Waals surface area contributed by atoms with Crippen molar-refractivity contribution in [3.63, 3.8) is 0 Å². The molecule has 4 rings (SSSR count). The summed E-state index contributed by atoms with van der Waals surface area (Å²) in [5.41, 5.74) is 1.32. The average Bonchev–Trinajstić information content (AvgIpc) is 2.86. The molecule has 4 aliphatic rings. The second kappa shape index (κ2) is 5.69. The first-order chi connectivity index (χ1) is 11.5. The Hall–Kier alpha value is -1.69. The van der Waals surface area contributed by atoms with E-state index in [1.807, 2.05) is 12.2 Å². The van der Waals surface area contributed by atoms with Crippen molar-refractivity contribution in [3.8, 4) is 0 Å². The summed E-state index contributed by atoms with van der Waals surface area (Å²) in [6, 6.07) is 0. The zero-order valence-electron chi connectivity index (χ0n) is 14.0. The number of hydrogen-bond donors (Lipinski definition) is 0. The van der Waals surface area contributed by atoms with Gasteiger partial charge in [0.2, 0.25) is 0 Å². The molecule has 6 heteroatoms. The Kier molecular flexibility index (Phi) is 3.75. The zero-order chi connectivity index (χ0) is 16.9. The number of amidine groups is 1. The van der Waals surface area contributed by atoms with Gasteiger partial charge < -0.3 is 0 Å². The minimum absolute atomic E-state index is 0.238. The monoisotopic (exact) mass is 337 g/mol. The quantitative estimate of drug-likeness (QED) is 0.714. The normalized spacial score (nSPS) is 35.5. The number of fused-ring (bicyclic) bond motifs is 2. The Bertz CT molecular complexity index is 792. The molecule has 24 heavy (non-hydrogen) atoms. The van der Waals surface area contributed by atoms with Crippen molar-refractivity contribution < 1.29 is 4.21 Å². The van der Waals surface area contributed by atoms with E-state index >= 15 is 0 Å². The van der Waals surface area contributed by atoms with Gasteiger partial charge in [-0.15, -0.1) is 0 Å². The van der Waals surface area contributed by atoms with Crippen molar-refractivity contribution in [2.75, 3.05) is 0 Å². The van der Waals surface area contributed by atoms with Crippen LogP contribution in [0.25, 0.3) is 0 Å². The number of dihydropyridines is 1. The van der Waals surface area contributed by atoms with Crippen LogP contribution < -0.4 is 0 Å². The molecule has 0 saturated carbocycles. The summed E-state index contributed by atoms with van der Waals surface area (Å²) in [5.74, 6) is 1.29. The summed E-state index contributed by atoms with van der Waals surface area (Å²) in [5, 5.41) is 0. The van der Waals surface area contributed by atoms with Gasteiger partial charge in [-0.1, -0.05) is 24.5 Å². The molecular formula is C18H20BN3OS. The van der Waals surface area contributed by atoms with Gasteiger partial charge >= 0.3 is 0 Å². The van der Waals surface area contributed by atoms with Crippen LogP contribution in [-0.2, 0) is 11.0 Å². The molecule has 4 unspecified atom stereocenters. The van der Waals surface area contributed by atoms with Crippen molar-refractivity contribution in [2.24, 2.45) is 27.2 Å². The molecule has 0 fully saturated rings. The van der Waals surface area contributed by atoms with Crippen LogP contribution in [0.3, 0.4) is 0 Å². The molecule has 0 spiro atoms. The maximum absolute atomic E-state index is 13.5. The van der Waals surface area contributed by atoms with E-state index in [0.29, 0.717) is 0 Å². The average molecular weight is 337 g/mol. The van der Waals surface area contributed by atoms with Gasteiger partial charge in [-0.05, 0) is 38.2 Å². The highest BCUT2D eigenvalue weighted by molar-refractivity contribution is 7.87. The molecule has 2 radical (unpaired) electrons. The Morgan fingerprint density at radius 1 is 1.42 bits per heavy atom. The topological polar surface area (TPSA) is 45.0 Å². The highest BCUT2D eigenvalue weighted by atomic mass is 32.2. The van der Waals surface area contributed by atoms with Crippen LogP contribution in [-0.4, -0.2) is 28.4 Å². The van der Waals surface area contributed by atoms with Crippen LogP contribution >= 0.6 is 0 Å². The van der Waals surface area contributed by atoms with Crippen molar-refractivity contribution in [2.45, 2.75) is 33.1 Å². The number of nitrogens with zero attached hydrogens (tertiary/aromatic N) is 3. The van der Waals surface area contributed by atoms with Gasteiger partial charge in [0.15, 0.2) is 11.0 Å². The second-order valence-corrected chi connectivity index (χ2v) is 8.36. The van der Waals surface area contributed by atoms with Gasteiger partial charge in [0.05, 0.1) is 10.6 Å². The lowest BCUT2D eigenvalue weighted by Gasteiger charge is -2.34. The Balaban J connectivity index is 1.77. The minimum Gasteiger partial charge on any atom is -0.260 e. The zero-order valence-corrected chi connectivity index (χ0v) is 14.8. The van der Waals surface area contributed by atoms with E-state index in [2.05, 4.69) is 29.9 Å². The lowest BCUT2D eigenvalue weighted by atomic mass is 9.70. The molecule has 0 bridgehead atoms. The smallest absolute Gasteiger partial charge is 0.156 e. The van der Waals surface area contributed by atoms with Crippen LogP contribution in [0.5, 0.6) is 0 Å². The summed E-state index contributed by atoms with van der Waals surface area (Å²) in [4.78, 5) is 9.97. The predicted octanol–water partition coefficient (Wildman–Crippen LogP) is 3.20. The van der Waals surface area contributed by atoms with Gasteiger partial charge in [-0.2, -0.15) is 0 Å². The first kappa shape index (κ1) is 15.8. The predicted molar refractivity (Wildman–Crippen MR) is 99.7 cm³/mol. The molecule has 3 heterocycles. The molecule has 0 saturated heterocycles. The first-order valence-electron chi connectivity index (χ1n) is 8.39. The van der Waals surface area contributed by atoms with E-state index < -0.39 is 11.0 Å². The van der Waals surface area contributed by atoms with E-state index in [4.69, 9.17) is 7.85 Å². The van der Waals surface area contributed by atoms with Crippen LogP contribution in [0.15, 0.2) is 56.7 Å². The second-order valence-electron chi connectivity index (χ2n) is 7.03. The molecule has 1 aliphatic carbocycles. The molecule has 4 atom stereocenters. The van der Waals surface area contributed by atoms with E-state index in [1.54, 1.807) is 22.9 Å². The van der Waals surface area contributed by atoms with E-state index in [1.165, 1.54) is 0 Å². The van der Waals surface area contributed by atoms with Gasteiger partial charge in [-0.3, -0.25) is 9.30 Å². The van der Waals surface area contributed by atoms with Gasteiger partial charge in [-0.25, -0.2) is 9.20 Å². The van der Waals surface area contributed by atoms with Crippen molar-refractivity contribution in [1.82, 2.24) is 4.31 Å². The Morgan fingerprint density at radius 3 is 3.08 bits per heavy atom. The Labute approximate surface area is 146 Å². The van der Waals surface area contributed by atoms with Crippen LogP contribution in [0.1, 0.15) is 33.1 Å². The number of rotatable bonds is 2. The summed E-state index contributed by atoms with van der Waals surface area (Å²) >= 11 is 0. The fourth-order valence-electron chi connectivity index (χ4n) is 3.80. The summed E-state index contributed by atoms with van der Waals surface area (Å²) in [6.45, 7) is 4.19. The SMILES string of the molecule is [B]C1=CN(S(=O)C2=C3N=CC=CC3CCC2C)C2=NC=CCC12C. The maximum atomic E-state index is 13.5. The molecule has 0 amide bonds. The maximum Gasteiger partial charge on any atom is 0.156 e. The van der Waals surface area contributed by atoms with Crippen molar-refractivity contribution >= 4 is 30.9 Å². The molecular weight excluding hydrogens is 317 g/mol. The standard InChI is InChI=1S/C18H20BN3OS/c1-12-6-7-13-5-3-9-20-15(13)16(12)24(23)22-11-14(19)18(2)8-4-10-21-17(18)22/h3-5,9-13H,6-8H2,1-2H3. The largest absolute Gasteiger partial charge is 0.260 e. The summed E-state index contributed by atoms with van der Waals surface area (Å²) in [6.07, 6.45) is 14.4. The number of allylic oxidation sites excluding steroid dienone is 4. The Morgan fingerprint density at radius 2 is 2.25 bits per heavy atom. The van der Waals surface area contributed by atoms with E-state index in [-0.39, 0.29) is 17.3 Å². The molecule has 4 nitrogen and oxygen atoms in total. The van der Waals surface area contributed by atoms with Crippen molar-refractivity contribution in [3.05, 3.63) is 46.7 Å². The molecule has 0 N–H and O–H groups in total. The molecule has 3 aliphatic heterocycles. The van der Waals surface area contributed by atoms with Crippen LogP contribution in [0.2, 0.25) is 0 Å². The van der Waals surface area contributed by atoms with Crippen molar-refractivity contribution in [1.29, 1.82) is 0 Å². The third kappa shape index (κ3) is 2.23. The number of hydrogen-bond acceptors (Lipinski definition) is 3. The van der Waals surface area contributed by atoms with E-state index in [9.17, 15) is 4.21 Å². The van der Waals surface area contributed by atoms with Crippen LogP contribution in [0, 0.1) is 17.3 Å². The van der Waals surface area contributed by atoms with E-state index in [0.717, 1.165) is 41.2 Å². The molecule has 0 aromatic rings. The molecule has 0 aromatic heterocycles. The molecule has 122 valence electrons. The van der Waals surface area contributed by atoms with Crippen LogP contribution in [0.4, 0.5) is 0 Å². The lowest BCUT2D eigenvalue weighted by molar-refractivity contribution is 0.490. The highest BCUT2D eigenvalue weighted by Gasteiger charge is 2.44. The summed E-state index contributed by atoms with van der Waals surface area (Å²) in [7, 11) is 4.91.